The predicted octanol–water partition coefficient (Wildman–Crippen LogP) is 2.97. The van der Waals surface area contributed by atoms with Crippen LogP contribution in [-0.4, -0.2) is 24.1 Å². The van der Waals surface area contributed by atoms with Gasteiger partial charge in [-0.05, 0) is 43.7 Å². The van der Waals surface area contributed by atoms with Gasteiger partial charge >= 0.3 is 0 Å². The van der Waals surface area contributed by atoms with E-state index >= 15 is 0 Å². The van der Waals surface area contributed by atoms with E-state index in [0.29, 0.717) is 11.8 Å². The molecule has 0 saturated carbocycles. The van der Waals surface area contributed by atoms with Gasteiger partial charge in [-0.3, -0.25) is 0 Å². The highest BCUT2D eigenvalue weighted by atomic mass is 35.5. The molecule has 0 amide bonds. The van der Waals surface area contributed by atoms with E-state index in [1.54, 1.807) is 0 Å². The van der Waals surface area contributed by atoms with E-state index in [1.807, 2.05) is 0 Å². The Kier molecular flexibility index (Phi) is 8.68. The van der Waals surface area contributed by atoms with Crippen molar-refractivity contribution >= 4 is 0 Å². The molecular formula is C23H34ClN. The van der Waals surface area contributed by atoms with Gasteiger partial charge in [0.25, 0.3) is 0 Å². The Bertz CT molecular complexity index is 593. The Labute approximate surface area is 161 Å². The minimum absolute atomic E-state index is 0. The summed E-state index contributed by atoms with van der Waals surface area (Å²) >= 11 is 0. The maximum atomic E-state index is 2.34. The average Bonchev–Trinajstić information content (AvgIpc) is 2.66. The van der Waals surface area contributed by atoms with Crippen molar-refractivity contribution in [2.24, 2.45) is 0 Å². The molecule has 0 heterocycles. The smallest absolute Gasteiger partial charge is 0.104 e. The summed E-state index contributed by atoms with van der Waals surface area (Å²) in [6.07, 6.45) is 0. The number of hydrogen-bond donors (Lipinski definition) is 0. The van der Waals surface area contributed by atoms with Crippen molar-refractivity contribution in [3.8, 4) is 0 Å². The lowest BCUT2D eigenvalue weighted by Crippen LogP contribution is -3.00. The minimum atomic E-state index is 0. The molecule has 0 aliphatic carbocycles. The zero-order valence-corrected chi connectivity index (χ0v) is 17.3. The van der Waals surface area contributed by atoms with Crippen molar-refractivity contribution in [1.29, 1.82) is 0 Å². The molecule has 1 nitrogen and oxygen atoms in total. The lowest BCUT2D eigenvalue weighted by Gasteiger charge is -2.36. The van der Waals surface area contributed by atoms with Crippen molar-refractivity contribution in [2.45, 2.75) is 53.0 Å². The Morgan fingerprint density at radius 1 is 0.680 bits per heavy atom. The normalized spacial score (nSPS) is 13.8. The molecule has 2 aromatic carbocycles. The van der Waals surface area contributed by atoms with Gasteiger partial charge in [-0.2, -0.15) is 0 Å². The summed E-state index contributed by atoms with van der Waals surface area (Å²) in [6.45, 7) is 16.4. The first kappa shape index (κ1) is 21.7. The van der Waals surface area contributed by atoms with E-state index in [-0.39, 0.29) is 12.4 Å². The maximum absolute atomic E-state index is 2.34. The Balaban J connectivity index is 0.00000312. The van der Waals surface area contributed by atoms with E-state index in [4.69, 9.17) is 0 Å². The maximum Gasteiger partial charge on any atom is 0.104 e. The summed E-state index contributed by atoms with van der Waals surface area (Å²) in [6, 6.07) is 20.2. The molecule has 0 N–H and O–H groups in total. The van der Waals surface area contributed by atoms with Gasteiger partial charge in [0.15, 0.2) is 0 Å². The van der Waals surface area contributed by atoms with E-state index in [0.717, 1.165) is 6.54 Å². The Morgan fingerprint density at radius 3 is 1.56 bits per heavy atom. The topological polar surface area (TPSA) is 0 Å². The molecule has 0 bridgehead atoms. The summed E-state index contributed by atoms with van der Waals surface area (Å²) in [5.41, 5.74) is 4.33. The molecule has 25 heavy (non-hydrogen) atoms. The quantitative estimate of drug-likeness (QED) is 0.636. The van der Waals surface area contributed by atoms with Crippen molar-refractivity contribution in [1.82, 2.24) is 0 Å². The molecule has 0 radical (unpaired) electrons. The largest absolute Gasteiger partial charge is 1.00 e. The van der Waals surface area contributed by atoms with Gasteiger partial charge < -0.3 is 16.9 Å². The van der Waals surface area contributed by atoms with Crippen LogP contribution < -0.4 is 12.4 Å². The number of hydrogen-bond acceptors (Lipinski definition) is 0. The highest BCUT2D eigenvalue weighted by molar-refractivity contribution is 5.29. The first-order chi connectivity index (χ1) is 11.5. The molecule has 0 spiro atoms. The summed E-state index contributed by atoms with van der Waals surface area (Å²) in [7, 11) is 0. The van der Waals surface area contributed by atoms with Gasteiger partial charge in [0, 0.05) is 5.56 Å². The van der Waals surface area contributed by atoms with Crippen LogP contribution in [0.5, 0.6) is 0 Å². The SMILES string of the molecule is CC[N+](CC)(CC)Cc1ccc(C(C)C(C)c2ccccc2)cc1.[Cl-]. The summed E-state index contributed by atoms with van der Waals surface area (Å²) in [5.74, 6) is 1.07. The number of nitrogens with zero attached hydrogens (tertiary/aromatic N) is 1. The third-order valence-corrected chi connectivity index (χ3v) is 6.11. The fraction of sp³-hybridized carbons (Fsp3) is 0.478. The van der Waals surface area contributed by atoms with Gasteiger partial charge in [-0.1, -0.05) is 68.4 Å². The molecular weight excluding hydrogens is 326 g/mol. The van der Waals surface area contributed by atoms with Crippen LogP contribution >= 0.6 is 0 Å². The third-order valence-electron chi connectivity index (χ3n) is 6.11. The number of benzene rings is 2. The molecule has 138 valence electrons. The summed E-state index contributed by atoms with van der Waals surface area (Å²) < 4.78 is 1.18. The first-order valence-corrected chi connectivity index (χ1v) is 9.54. The van der Waals surface area contributed by atoms with Crippen LogP contribution in [0.15, 0.2) is 54.6 Å². The van der Waals surface area contributed by atoms with Crippen molar-refractivity contribution in [2.75, 3.05) is 19.6 Å². The second kappa shape index (κ2) is 9.99. The monoisotopic (exact) mass is 359 g/mol. The summed E-state index contributed by atoms with van der Waals surface area (Å²) in [5, 5.41) is 0. The standard InChI is InChI=1S/C23H34N.ClH/c1-6-24(7-2,8-3)18-21-14-16-23(17-15-21)20(5)19(4)22-12-10-9-11-13-22;/h9-17,19-20H,6-8,18H2,1-5H3;1H/q+1;/p-1. The van der Waals surface area contributed by atoms with E-state index < -0.39 is 0 Å². The third kappa shape index (κ3) is 5.33. The van der Waals surface area contributed by atoms with Crippen molar-refractivity contribution in [3.05, 3.63) is 71.3 Å². The highest BCUT2D eigenvalue weighted by Gasteiger charge is 2.21. The molecule has 2 aromatic rings. The zero-order valence-electron chi connectivity index (χ0n) is 16.5. The first-order valence-electron chi connectivity index (χ1n) is 9.54. The molecule has 0 fully saturated rings. The molecule has 0 saturated heterocycles. The Hall–Kier alpha value is -1.31. The highest BCUT2D eigenvalue weighted by Crippen LogP contribution is 2.32. The lowest BCUT2D eigenvalue weighted by molar-refractivity contribution is -0.936. The van der Waals surface area contributed by atoms with Gasteiger partial charge in [-0.15, -0.1) is 0 Å². The fourth-order valence-corrected chi connectivity index (χ4v) is 3.65. The van der Waals surface area contributed by atoms with Crippen LogP contribution in [0.1, 0.15) is 63.1 Å². The van der Waals surface area contributed by atoms with Crippen molar-refractivity contribution in [3.63, 3.8) is 0 Å². The second-order valence-corrected chi connectivity index (χ2v) is 7.18. The van der Waals surface area contributed by atoms with Gasteiger partial charge in [0.2, 0.25) is 0 Å². The predicted molar refractivity (Wildman–Crippen MR) is 105 cm³/mol. The van der Waals surface area contributed by atoms with E-state index in [1.165, 1.54) is 40.8 Å². The second-order valence-electron chi connectivity index (χ2n) is 7.18. The number of quaternary nitrogens is 1. The van der Waals surface area contributed by atoms with E-state index in [2.05, 4.69) is 89.2 Å². The molecule has 2 rings (SSSR count). The summed E-state index contributed by atoms with van der Waals surface area (Å²) in [4.78, 5) is 0. The van der Waals surface area contributed by atoms with Crippen LogP contribution in [0.4, 0.5) is 0 Å². The molecule has 0 aliphatic rings. The molecule has 0 aliphatic heterocycles. The minimum Gasteiger partial charge on any atom is -1.00 e. The van der Waals surface area contributed by atoms with E-state index in [9.17, 15) is 0 Å². The number of rotatable bonds is 8. The van der Waals surface area contributed by atoms with Crippen LogP contribution in [0, 0.1) is 0 Å². The van der Waals surface area contributed by atoms with Crippen molar-refractivity contribution < 1.29 is 16.9 Å². The molecule has 2 atom stereocenters. The molecule has 2 heteroatoms. The van der Waals surface area contributed by atoms with Crippen LogP contribution in [-0.2, 0) is 6.54 Å². The fourth-order valence-electron chi connectivity index (χ4n) is 3.65. The Morgan fingerprint density at radius 2 is 1.12 bits per heavy atom. The van der Waals surface area contributed by atoms with Crippen LogP contribution in [0.3, 0.4) is 0 Å². The van der Waals surface area contributed by atoms with Gasteiger partial charge in [0.1, 0.15) is 6.54 Å². The lowest BCUT2D eigenvalue weighted by atomic mass is 9.84. The molecule has 2 unspecified atom stereocenters. The van der Waals surface area contributed by atoms with Gasteiger partial charge in [0.05, 0.1) is 19.6 Å². The molecule has 0 aromatic heterocycles. The average molecular weight is 360 g/mol. The zero-order chi connectivity index (χ0) is 17.6. The van der Waals surface area contributed by atoms with Crippen LogP contribution in [0.25, 0.3) is 0 Å². The van der Waals surface area contributed by atoms with Crippen LogP contribution in [0.2, 0.25) is 0 Å². The van der Waals surface area contributed by atoms with Gasteiger partial charge in [-0.25, -0.2) is 0 Å². The number of halogens is 1.